The number of hydrogen-bond acceptors (Lipinski definition) is 7. The minimum absolute atomic E-state index is 0.197. The number of sulfonamides is 1. The van der Waals surface area contributed by atoms with Crippen LogP contribution in [0.1, 0.15) is 0 Å². The number of nitrogens with two attached hydrogens (primary N) is 1. The van der Waals surface area contributed by atoms with Gasteiger partial charge in [0.1, 0.15) is 0 Å². The highest BCUT2D eigenvalue weighted by Crippen LogP contribution is 2.17. The molecule has 0 aliphatic heterocycles. The maximum absolute atomic E-state index is 11.8. The highest BCUT2D eigenvalue weighted by Gasteiger charge is 2.21. The predicted molar refractivity (Wildman–Crippen MR) is 65.3 cm³/mol. The van der Waals surface area contributed by atoms with E-state index >= 15 is 0 Å². The zero-order valence-corrected chi connectivity index (χ0v) is 11.2. The lowest BCUT2D eigenvalue weighted by atomic mass is 10.3. The zero-order valence-electron chi connectivity index (χ0n) is 9.59. The summed E-state index contributed by atoms with van der Waals surface area (Å²) in [6.45, 7) is 0. The van der Waals surface area contributed by atoms with Crippen LogP contribution in [-0.4, -0.2) is 33.5 Å². The Bertz CT molecular complexity index is 656. The molecular weight excluding hydrogens is 300 g/mol. The second-order valence-electron chi connectivity index (χ2n) is 3.38. The lowest BCUT2D eigenvalue weighted by Crippen LogP contribution is -2.46. The van der Waals surface area contributed by atoms with Crippen molar-refractivity contribution in [2.75, 3.05) is 12.3 Å². The summed E-state index contributed by atoms with van der Waals surface area (Å²) in [7, 11) is -7.62. The monoisotopic (exact) mass is 311 g/mol. The molecule has 0 aromatic heterocycles. The van der Waals surface area contributed by atoms with E-state index < -0.39 is 30.4 Å². The Balaban J connectivity index is 3.11. The molecular formula is C7H11N4O6S2-. The summed E-state index contributed by atoms with van der Waals surface area (Å²) in [5, 5.41) is 23.5. The van der Waals surface area contributed by atoms with Crippen molar-refractivity contribution in [2.45, 2.75) is 4.90 Å². The van der Waals surface area contributed by atoms with Crippen molar-refractivity contribution in [1.82, 2.24) is 9.25 Å². The van der Waals surface area contributed by atoms with Crippen LogP contribution in [0.25, 0.3) is 0 Å². The quantitative estimate of drug-likeness (QED) is 0.571. The van der Waals surface area contributed by atoms with Crippen LogP contribution in [0.4, 0.5) is 5.69 Å². The standard InChI is InChI=1S/C7H11N4O6S2/c1-10(19(8,16)17)9-18(14,15)7-4-2-3-6(5-7)11(12)13/h2-5,9,12H,1H3,(H2,8,16,17)/q-1. The Kier molecular flexibility index (Phi) is 4.46. The van der Waals surface area contributed by atoms with Crippen molar-refractivity contribution in [3.05, 3.63) is 29.5 Å². The minimum atomic E-state index is -4.26. The van der Waals surface area contributed by atoms with E-state index in [1.165, 1.54) is 6.07 Å². The van der Waals surface area contributed by atoms with Gasteiger partial charge in [0, 0.05) is 7.05 Å². The topological polar surface area (TPSA) is 156 Å². The van der Waals surface area contributed by atoms with Gasteiger partial charge in [0.2, 0.25) is 0 Å². The third-order valence-corrected chi connectivity index (χ3v) is 4.34. The average molecular weight is 311 g/mol. The Hall–Kier alpha value is -1.28. The van der Waals surface area contributed by atoms with Gasteiger partial charge in [-0.15, -0.1) is 9.25 Å². The molecule has 4 N–H and O–H groups in total. The maximum atomic E-state index is 11.8. The molecule has 0 radical (unpaired) electrons. The first-order chi connectivity index (χ1) is 8.54. The lowest BCUT2D eigenvalue weighted by molar-refractivity contribution is 0.296. The van der Waals surface area contributed by atoms with Crippen molar-refractivity contribution in [3.8, 4) is 0 Å². The summed E-state index contributed by atoms with van der Waals surface area (Å²) in [5.74, 6) is 0. The number of hydrazine groups is 1. The first-order valence-electron chi connectivity index (χ1n) is 4.59. The van der Waals surface area contributed by atoms with E-state index in [9.17, 15) is 22.0 Å². The summed E-state index contributed by atoms with van der Waals surface area (Å²) >= 11 is 0. The van der Waals surface area contributed by atoms with Crippen LogP contribution in [0.15, 0.2) is 29.2 Å². The van der Waals surface area contributed by atoms with Gasteiger partial charge in [0.25, 0.3) is 20.2 Å². The lowest BCUT2D eigenvalue weighted by Gasteiger charge is -2.22. The zero-order chi connectivity index (χ0) is 14.8. The first kappa shape index (κ1) is 15.8. The molecule has 0 saturated carbocycles. The molecule has 0 spiro atoms. The normalized spacial score (nSPS) is 12.7. The Morgan fingerprint density at radius 2 is 1.89 bits per heavy atom. The second-order valence-corrected chi connectivity index (χ2v) is 6.62. The van der Waals surface area contributed by atoms with E-state index in [2.05, 4.69) is 0 Å². The summed E-state index contributed by atoms with van der Waals surface area (Å²) in [6.07, 6.45) is 0. The smallest absolute Gasteiger partial charge is 0.290 e. The van der Waals surface area contributed by atoms with E-state index in [0.29, 0.717) is 0 Å². The van der Waals surface area contributed by atoms with Crippen molar-refractivity contribution >= 4 is 25.9 Å². The van der Waals surface area contributed by atoms with Crippen LogP contribution >= 0.6 is 0 Å². The van der Waals surface area contributed by atoms with E-state index in [-0.39, 0.29) is 10.1 Å². The van der Waals surface area contributed by atoms with Crippen LogP contribution in [0.5, 0.6) is 0 Å². The van der Waals surface area contributed by atoms with E-state index in [4.69, 9.17) is 10.3 Å². The molecule has 0 saturated heterocycles. The van der Waals surface area contributed by atoms with Crippen LogP contribution in [-0.2, 0) is 20.2 Å². The largest absolute Gasteiger partial charge is 0.733 e. The summed E-state index contributed by atoms with van der Waals surface area (Å²) < 4.78 is 45.6. The summed E-state index contributed by atoms with van der Waals surface area (Å²) in [4.78, 5) is 1.25. The van der Waals surface area contributed by atoms with Crippen LogP contribution in [0.2, 0.25) is 0 Å². The Labute approximate surface area is 109 Å². The number of anilines is 1. The molecule has 0 atom stereocenters. The number of benzene rings is 1. The fourth-order valence-corrected chi connectivity index (χ4v) is 2.73. The van der Waals surface area contributed by atoms with Gasteiger partial charge in [0.15, 0.2) is 0 Å². The van der Waals surface area contributed by atoms with Gasteiger partial charge in [-0.2, -0.15) is 8.42 Å². The molecule has 0 fully saturated rings. The first-order valence-corrected chi connectivity index (χ1v) is 7.58. The van der Waals surface area contributed by atoms with E-state index in [0.717, 1.165) is 25.2 Å². The van der Waals surface area contributed by atoms with Crippen molar-refractivity contribution in [3.63, 3.8) is 0 Å². The number of nitrogens with zero attached hydrogens (tertiary/aromatic N) is 2. The van der Waals surface area contributed by atoms with Crippen LogP contribution in [0, 0.1) is 5.21 Å². The molecule has 0 aliphatic carbocycles. The predicted octanol–water partition coefficient (Wildman–Crippen LogP) is -1.29. The molecule has 1 rings (SSSR count). The molecule has 108 valence electrons. The fraction of sp³-hybridized carbons (Fsp3) is 0.143. The van der Waals surface area contributed by atoms with Gasteiger partial charge in [-0.05, 0) is 18.2 Å². The summed E-state index contributed by atoms with van der Waals surface area (Å²) in [5.41, 5.74) is -0.332. The summed E-state index contributed by atoms with van der Waals surface area (Å²) in [6, 6.07) is 4.32. The SMILES string of the molecule is CN(NS(=O)(=O)c1cccc(N([O-])O)c1)S(N)(=O)=O. The third kappa shape index (κ3) is 4.10. The van der Waals surface area contributed by atoms with Gasteiger partial charge in [-0.25, -0.2) is 13.6 Å². The van der Waals surface area contributed by atoms with Crippen LogP contribution < -0.4 is 15.2 Å². The minimum Gasteiger partial charge on any atom is -0.733 e. The van der Waals surface area contributed by atoms with Gasteiger partial charge in [-0.1, -0.05) is 6.07 Å². The molecule has 12 heteroatoms. The highest BCUT2D eigenvalue weighted by atomic mass is 32.2. The highest BCUT2D eigenvalue weighted by molar-refractivity contribution is 7.91. The molecule has 0 bridgehead atoms. The Morgan fingerprint density at radius 1 is 1.32 bits per heavy atom. The van der Waals surface area contributed by atoms with Crippen molar-refractivity contribution in [1.29, 1.82) is 0 Å². The Morgan fingerprint density at radius 3 is 2.37 bits per heavy atom. The van der Waals surface area contributed by atoms with E-state index in [1.807, 2.05) is 0 Å². The second kappa shape index (κ2) is 5.38. The number of rotatable bonds is 5. The number of hydrogen-bond donors (Lipinski definition) is 3. The van der Waals surface area contributed by atoms with Gasteiger partial charge in [-0.3, -0.25) is 5.21 Å². The number of nitrogens with one attached hydrogen (secondary N) is 1. The fourth-order valence-electron chi connectivity index (χ4n) is 1.04. The van der Waals surface area contributed by atoms with Crippen molar-refractivity contribution < 1.29 is 22.0 Å². The van der Waals surface area contributed by atoms with Gasteiger partial charge >= 0.3 is 0 Å². The maximum Gasteiger partial charge on any atom is 0.290 e. The van der Waals surface area contributed by atoms with Crippen LogP contribution in [0.3, 0.4) is 0 Å². The molecule has 0 unspecified atom stereocenters. The molecule has 1 aromatic carbocycles. The van der Waals surface area contributed by atoms with E-state index in [1.54, 1.807) is 4.83 Å². The van der Waals surface area contributed by atoms with Gasteiger partial charge < -0.3 is 10.4 Å². The third-order valence-electron chi connectivity index (χ3n) is 1.98. The molecule has 0 heterocycles. The molecule has 10 nitrogen and oxygen atoms in total. The molecule has 1 aromatic rings. The molecule has 0 aliphatic rings. The molecule has 0 amide bonds. The molecule has 19 heavy (non-hydrogen) atoms. The van der Waals surface area contributed by atoms with Crippen molar-refractivity contribution in [2.24, 2.45) is 5.14 Å². The van der Waals surface area contributed by atoms with Gasteiger partial charge in [0.05, 0.1) is 10.6 Å². The average Bonchev–Trinajstić information content (AvgIpc) is 2.27.